The zero-order chi connectivity index (χ0) is 10.3. The van der Waals surface area contributed by atoms with Crippen molar-refractivity contribution in [3.63, 3.8) is 0 Å². The Balaban J connectivity index is 0.00000128. The predicted molar refractivity (Wildman–Crippen MR) is 61.5 cm³/mol. The van der Waals surface area contributed by atoms with Crippen molar-refractivity contribution in [1.29, 1.82) is 0 Å². The molecule has 1 N–H and O–H groups in total. The van der Waals surface area contributed by atoms with Crippen LogP contribution in [-0.4, -0.2) is 46.5 Å². The number of halogens is 1. The first-order valence-corrected chi connectivity index (χ1v) is 5.44. The van der Waals surface area contributed by atoms with Crippen LogP contribution in [0.3, 0.4) is 0 Å². The third-order valence-corrected chi connectivity index (χ3v) is 2.61. The van der Waals surface area contributed by atoms with E-state index in [1.165, 1.54) is 12.8 Å². The summed E-state index contributed by atoms with van der Waals surface area (Å²) in [7, 11) is 0. The molecule has 6 nitrogen and oxygen atoms in total. The zero-order valence-corrected chi connectivity index (χ0v) is 10.0. The van der Waals surface area contributed by atoms with E-state index in [9.17, 15) is 0 Å². The van der Waals surface area contributed by atoms with Crippen LogP contribution in [0.1, 0.15) is 12.8 Å². The molecule has 0 bridgehead atoms. The van der Waals surface area contributed by atoms with Crippen LogP contribution in [-0.2, 0) is 11.3 Å². The summed E-state index contributed by atoms with van der Waals surface area (Å²) in [5, 5.41) is 14.3. The molecule has 16 heavy (non-hydrogen) atoms. The summed E-state index contributed by atoms with van der Waals surface area (Å²) in [5.41, 5.74) is 0. The first-order valence-electron chi connectivity index (χ1n) is 5.44. The average Bonchev–Trinajstić information content (AvgIpc) is 2.79. The molecule has 92 valence electrons. The molecule has 1 atom stereocenters. The fraction of sp³-hybridized carbons (Fsp3) is 0.889. The highest BCUT2D eigenvalue weighted by atomic mass is 35.5. The Morgan fingerprint density at radius 2 is 2.44 bits per heavy atom. The number of nitrogens with one attached hydrogen (secondary N) is 1. The van der Waals surface area contributed by atoms with Crippen molar-refractivity contribution in [3.05, 3.63) is 6.33 Å². The molecule has 1 aromatic heterocycles. The van der Waals surface area contributed by atoms with Crippen molar-refractivity contribution in [2.75, 3.05) is 26.3 Å². The minimum atomic E-state index is 0. The predicted octanol–water partition coefficient (Wildman–Crippen LogP) is 0.111. The number of hydrogen-bond donors (Lipinski definition) is 1. The van der Waals surface area contributed by atoms with Gasteiger partial charge in [0.1, 0.15) is 6.33 Å². The quantitative estimate of drug-likeness (QED) is 0.749. The van der Waals surface area contributed by atoms with E-state index in [4.69, 9.17) is 4.74 Å². The van der Waals surface area contributed by atoms with Crippen molar-refractivity contribution < 1.29 is 4.74 Å². The lowest BCUT2D eigenvalue weighted by Gasteiger charge is -2.22. The molecule has 7 heteroatoms. The number of nitrogens with zero attached hydrogens (tertiary/aromatic N) is 4. The molecular formula is C9H18ClN5O. The van der Waals surface area contributed by atoms with Crippen molar-refractivity contribution in [3.8, 4) is 0 Å². The Bertz CT molecular complexity index is 263. The second kappa shape index (κ2) is 7.54. The summed E-state index contributed by atoms with van der Waals surface area (Å²) in [6, 6.07) is 0. The molecule has 1 aliphatic rings. The van der Waals surface area contributed by atoms with E-state index in [-0.39, 0.29) is 12.4 Å². The fourth-order valence-corrected chi connectivity index (χ4v) is 1.76. The summed E-state index contributed by atoms with van der Waals surface area (Å²) in [5.74, 6) is 0.674. The number of ether oxygens (including phenoxy) is 1. The molecule has 0 unspecified atom stereocenters. The number of rotatable bonds is 5. The van der Waals surface area contributed by atoms with E-state index < -0.39 is 0 Å². The Kier molecular flexibility index (Phi) is 6.29. The van der Waals surface area contributed by atoms with Gasteiger partial charge in [-0.25, -0.2) is 4.68 Å². The number of piperidine rings is 1. The van der Waals surface area contributed by atoms with Crippen molar-refractivity contribution in [2.45, 2.75) is 19.4 Å². The second-order valence-electron chi connectivity index (χ2n) is 3.86. The summed E-state index contributed by atoms with van der Waals surface area (Å²) in [6.07, 6.45) is 4.14. The first kappa shape index (κ1) is 13.3. The van der Waals surface area contributed by atoms with Crippen LogP contribution in [0.25, 0.3) is 0 Å². The standard InChI is InChI=1S/C9H17N5O.ClH/c1-2-9(6-10-3-1)7-15-5-4-14-8-11-12-13-14;/h8-10H,1-7H2;1H/t9-;/m0./s1. The van der Waals surface area contributed by atoms with Gasteiger partial charge in [-0.05, 0) is 35.7 Å². The van der Waals surface area contributed by atoms with Crippen LogP contribution in [0.5, 0.6) is 0 Å². The van der Waals surface area contributed by atoms with Gasteiger partial charge in [-0.2, -0.15) is 0 Å². The lowest BCUT2D eigenvalue weighted by atomic mass is 10.0. The Morgan fingerprint density at radius 1 is 1.50 bits per heavy atom. The minimum absolute atomic E-state index is 0. The molecular weight excluding hydrogens is 230 g/mol. The highest BCUT2D eigenvalue weighted by Crippen LogP contribution is 2.09. The van der Waals surface area contributed by atoms with E-state index in [0.717, 1.165) is 26.2 Å². The van der Waals surface area contributed by atoms with Gasteiger partial charge in [0.2, 0.25) is 0 Å². The van der Waals surface area contributed by atoms with Gasteiger partial charge >= 0.3 is 0 Å². The maximum atomic E-state index is 5.59. The lowest BCUT2D eigenvalue weighted by molar-refractivity contribution is 0.0822. The molecule has 0 aliphatic carbocycles. The van der Waals surface area contributed by atoms with Crippen molar-refractivity contribution in [2.24, 2.45) is 5.92 Å². The molecule has 2 rings (SSSR count). The molecule has 0 spiro atoms. The molecule has 1 saturated heterocycles. The van der Waals surface area contributed by atoms with Gasteiger partial charge in [-0.3, -0.25) is 0 Å². The van der Waals surface area contributed by atoms with Gasteiger partial charge in [-0.15, -0.1) is 17.5 Å². The van der Waals surface area contributed by atoms with E-state index in [1.807, 2.05) is 0 Å². The molecule has 2 heterocycles. The normalized spacial score (nSPS) is 20.4. The molecule has 1 aliphatic heterocycles. The smallest absolute Gasteiger partial charge is 0.138 e. The largest absolute Gasteiger partial charge is 0.379 e. The van der Waals surface area contributed by atoms with Gasteiger partial charge in [0.05, 0.1) is 19.8 Å². The first-order chi connectivity index (χ1) is 7.45. The van der Waals surface area contributed by atoms with E-state index in [1.54, 1.807) is 11.0 Å². The monoisotopic (exact) mass is 247 g/mol. The van der Waals surface area contributed by atoms with Crippen LogP contribution >= 0.6 is 12.4 Å². The highest BCUT2D eigenvalue weighted by molar-refractivity contribution is 5.85. The van der Waals surface area contributed by atoms with E-state index in [0.29, 0.717) is 12.5 Å². The Labute approximate surface area is 101 Å². The van der Waals surface area contributed by atoms with Gasteiger partial charge in [0.25, 0.3) is 0 Å². The van der Waals surface area contributed by atoms with E-state index in [2.05, 4.69) is 20.8 Å². The summed E-state index contributed by atoms with van der Waals surface area (Å²) in [4.78, 5) is 0. The maximum Gasteiger partial charge on any atom is 0.138 e. The van der Waals surface area contributed by atoms with Gasteiger partial charge in [0.15, 0.2) is 0 Å². The molecule has 1 fully saturated rings. The third-order valence-electron chi connectivity index (χ3n) is 2.61. The average molecular weight is 248 g/mol. The molecule has 1 aromatic rings. The van der Waals surface area contributed by atoms with Gasteiger partial charge in [-0.1, -0.05) is 0 Å². The number of hydrogen-bond acceptors (Lipinski definition) is 5. The minimum Gasteiger partial charge on any atom is -0.379 e. The van der Waals surface area contributed by atoms with Crippen molar-refractivity contribution >= 4 is 12.4 Å². The van der Waals surface area contributed by atoms with Crippen molar-refractivity contribution in [1.82, 2.24) is 25.5 Å². The van der Waals surface area contributed by atoms with Crippen LogP contribution in [0.15, 0.2) is 6.33 Å². The molecule has 0 amide bonds. The fourth-order valence-electron chi connectivity index (χ4n) is 1.76. The van der Waals surface area contributed by atoms with Crippen LogP contribution in [0, 0.1) is 5.92 Å². The Hall–Kier alpha value is -0.720. The van der Waals surface area contributed by atoms with Gasteiger partial charge in [0, 0.05) is 6.54 Å². The summed E-state index contributed by atoms with van der Waals surface area (Å²) >= 11 is 0. The summed E-state index contributed by atoms with van der Waals surface area (Å²) < 4.78 is 7.27. The highest BCUT2D eigenvalue weighted by Gasteiger charge is 2.12. The second-order valence-corrected chi connectivity index (χ2v) is 3.86. The topological polar surface area (TPSA) is 64.9 Å². The number of aromatic nitrogens is 4. The maximum absolute atomic E-state index is 5.59. The third kappa shape index (κ3) is 4.42. The van der Waals surface area contributed by atoms with Crippen LogP contribution < -0.4 is 5.32 Å². The SMILES string of the molecule is Cl.c1nnnn1CCOC[C@H]1CCCNC1. The van der Waals surface area contributed by atoms with Gasteiger partial charge < -0.3 is 10.1 Å². The molecule has 0 radical (unpaired) electrons. The zero-order valence-electron chi connectivity index (χ0n) is 9.21. The van der Waals surface area contributed by atoms with E-state index >= 15 is 0 Å². The lowest BCUT2D eigenvalue weighted by Crippen LogP contribution is -2.32. The van der Waals surface area contributed by atoms with Crippen LogP contribution in [0.2, 0.25) is 0 Å². The summed E-state index contributed by atoms with van der Waals surface area (Å²) in [6.45, 7) is 4.50. The molecule has 0 saturated carbocycles. The number of tetrazole rings is 1. The molecule has 0 aromatic carbocycles. The van der Waals surface area contributed by atoms with Crippen LogP contribution in [0.4, 0.5) is 0 Å². The Morgan fingerprint density at radius 3 is 3.12 bits per heavy atom.